The van der Waals surface area contributed by atoms with E-state index < -0.39 is 0 Å². The molecule has 0 N–H and O–H groups in total. The van der Waals surface area contributed by atoms with Crippen LogP contribution in [-0.2, 0) is 10.8 Å². The summed E-state index contributed by atoms with van der Waals surface area (Å²) in [6.45, 7) is 9.15. The first kappa shape index (κ1) is 29.1. The van der Waals surface area contributed by atoms with E-state index in [1.54, 1.807) is 0 Å². The maximum atomic E-state index is 13.5. The number of rotatable bonds is 4. The average molecular weight is 643 g/mol. The van der Waals surface area contributed by atoms with Crippen LogP contribution in [0.25, 0.3) is 54.6 Å². The molecule has 0 atom stereocenters. The van der Waals surface area contributed by atoms with Crippen LogP contribution < -0.4 is 0 Å². The van der Waals surface area contributed by atoms with Crippen molar-refractivity contribution < 1.29 is 9.59 Å². The molecule has 2 heteroatoms. The predicted molar refractivity (Wildman–Crippen MR) is 205 cm³/mol. The Hall–Kier alpha value is -5.86. The molecule has 10 rings (SSSR count). The molecular weight excluding hydrogens is 609 g/mol. The number of fused-ring (bicyclic) bond motifs is 8. The Bertz CT molecular complexity index is 2570. The fourth-order valence-electron chi connectivity index (χ4n) is 9.16. The Balaban J connectivity index is 1.18. The monoisotopic (exact) mass is 642 g/mol. The Morgan fingerprint density at radius 2 is 0.800 bits per heavy atom. The standard InChI is InChI=1S/C48H34O2/c1-47(2)37-25-31(45(49)27-11-7-5-8-12-27)17-19-33(37)43-35-21-16-30-24-40-44(36-22-15-29(23-39(43)47)41(35)42(30)36)34-20-18-32(26-38(34)48(40,3)4)46(50)28-13-9-6-10-14-28/h5-26H,1-4H3. The summed E-state index contributed by atoms with van der Waals surface area (Å²) in [5.41, 5.74) is 12.3. The first-order chi connectivity index (χ1) is 24.1. The van der Waals surface area contributed by atoms with Gasteiger partial charge in [0, 0.05) is 33.1 Å². The summed E-state index contributed by atoms with van der Waals surface area (Å²) in [4.78, 5) is 27.0. The lowest BCUT2D eigenvalue weighted by molar-refractivity contribution is 0.103. The zero-order valence-corrected chi connectivity index (χ0v) is 28.5. The third-order valence-electron chi connectivity index (χ3n) is 11.8. The Kier molecular flexibility index (Phi) is 5.74. The molecule has 2 aliphatic carbocycles. The number of hydrogen-bond acceptors (Lipinski definition) is 2. The maximum Gasteiger partial charge on any atom is 0.193 e. The largest absolute Gasteiger partial charge is 0.289 e. The molecule has 2 aliphatic rings. The average Bonchev–Trinajstić information content (AvgIpc) is 3.52. The van der Waals surface area contributed by atoms with Crippen LogP contribution in [0.2, 0.25) is 0 Å². The molecule has 0 fully saturated rings. The summed E-state index contributed by atoms with van der Waals surface area (Å²) in [6.07, 6.45) is 0. The van der Waals surface area contributed by atoms with E-state index in [2.05, 4.69) is 88.4 Å². The van der Waals surface area contributed by atoms with Crippen molar-refractivity contribution in [1.82, 2.24) is 0 Å². The number of carbonyl (C=O) groups is 2. The molecule has 8 aromatic rings. The van der Waals surface area contributed by atoms with Crippen LogP contribution in [-0.4, -0.2) is 11.6 Å². The second-order valence-electron chi connectivity index (χ2n) is 15.2. The van der Waals surface area contributed by atoms with Gasteiger partial charge in [0.1, 0.15) is 0 Å². The molecule has 0 aromatic heterocycles. The van der Waals surface area contributed by atoms with Crippen LogP contribution in [0.15, 0.2) is 133 Å². The quantitative estimate of drug-likeness (QED) is 0.141. The van der Waals surface area contributed by atoms with Gasteiger partial charge in [-0.2, -0.15) is 0 Å². The van der Waals surface area contributed by atoms with Gasteiger partial charge in [0.25, 0.3) is 0 Å². The van der Waals surface area contributed by atoms with Crippen LogP contribution in [0.3, 0.4) is 0 Å². The predicted octanol–water partition coefficient (Wildman–Crippen LogP) is 11.7. The van der Waals surface area contributed by atoms with E-state index in [0.29, 0.717) is 11.1 Å². The molecule has 0 unspecified atom stereocenters. The third kappa shape index (κ3) is 3.74. The Morgan fingerprint density at radius 1 is 0.400 bits per heavy atom. The highest BCUT2D eigenvalue weighted by molar-refractivity contribution is 6.29. The molecule has 0 aliphatic heterocycles. The van der Waals surface area contributed by atoms with E-state index in [1.807, 2.05) is 72.8 Å². The van der Waals surface area contributed by atoms with E-state index in [4.69, 9.17) is 0 Å². The van der Waals surface area contributed by atoms with Gasteiger partial charge in [-0.15, -0.1) is 0 Å². The van der Waals surface area contributed by atoms with Gasteiger partial charge in [0.2, 0.25) is 0 Å². The maximum absolute atomic E-state index is 13.5. The van der Waals surface area contributed by atoms with Gasteiger partial charge in [-0.05, 0) is 101 Å². The number of hydrogen-bond donors (Lipinski definition) is 0. The molecule has 0 amide bonds. The third-order valence-corrected chi connectivity index (χ3v) is 11.8. The lowest BCUT2D eigenvalue weighted by Crippen LogP contribution is -2.16. The molecule has 0 saturated carbocycles. The minimum atomic E-state index is -0.263. The second-order valence-corrected chi connectivity index (χ2v) is 15.2. The summed E-state index contributed by atoms with van der Waals surface area (Å²) in [5, 5.41) is 7.56. The molecular formula is C48H34O2. The molecule has 8 aromatic carbocycles. The summed E-state index contributed by atoms with van der Waals surface area (Å²) >= 11 is 0. The fraction of sp³-hybridized carbons (Fsp3) is 0.125. The van der Waals surface area contributed by atoms with Crippen LogP contribution in [0.4, 0.5) is 0 Å². The second kappa shape index (κ2) is 9.86. The van der Waals surface area contributed by atoms with Crippen LogP contribution >= 0.6 is 0 Å². The van der Waals surface area contributed by atoms with Crippen molar-refractivity contribution in [1.29, 1.82) is 0 Å². The summed E-state index contributed by atoms with van der Waals surface area (Å²) < 4.78 is 0. The summed E-state index contributed by atoms with van der Waals surface area (Å²) in [7, 11) is 0. The van der Waals surface area contributed by atoms with Gasteiger partial charge in [0.15, 0.2) is 11.6 Å². The summed E-state index contributed by atoms with van der Waals surface area (Å²) in [6, 6.07) is 45.7. The summed E-state index contributed by atoms with van der Waals surface area (Å²) in [5.74, 6) is 0.103. The molecule has 2 nitrogen and oxygen atoms in total. The molecule has 0 radical (unpaired) electrons. The zero-order chi connectivity index (χ0) is 34.1. The Labute approximate surface area is 291 Å². The molecule has 0 spiro atoms. The lowest BCUT2D eigenvalue weighted by atomic mass is 9.79. The van der Waals surface area contributed by atoms with E-state index >= 15 is 0 Å². The van der Waals surface area contributed by atoms with E-state index in [0.717, 1.165) is 11.1 Å². The van der Waals surface area contributed by atoms with Gasteiger partial charge in [0.05, 0.1) is 0 Å². The van der Waals surface area contributed by atoms with E-state index in [1.165, 1.54) is 76.8 Å². The highest BCUT2D eigenvalue weighted by atomic mass is 16.1. The van der Waals surface area contributed by atoms with Crippen molar-refractivity contribution in [3.05, 3.63) is 178 Å². The highest BCUT2D eigenvalue weighted by Crippen LogP contribution is 2.57. The topological polar surface area (TPSA) is 34.1 Å². The Morgan fingerprint density at radius 3 is 1.20 bits per heavy atom. The fourth-order valence-corrected chi connectivity index (χ4v) is 9.16. The van der Waals surface area contributed by atoms with Crippen LogP contribution in [0.5, 0.6) is 0 Å². The molecule has 50 heavy (non-hydrogen) atoms. The number of ketones is 2. The van der Waals surface area contributed by atoms with Gasteiger partial charge in [-0.25, -0.2) is 0 Å². The first-order valence-corrected chi connectivity index (χ1v) is 17.4. The van der Waals surface area contributed by atoms with E-state index in [-0.39, 0.29) is 22.4 Å². The van der Waals surface area contributed by atoms with Crippen molar-refractivity contribution in [3.63, 3.8) is 0 Å². The molecule has 238 valence electrons. The van der Waals surface area contributed by atoms with Gasteiger partial charge >= 0.3 is 0 Å². The van der Waals surface area contributed by atoms with Crippen molar-refractivity contribution in [2.24, 2.45) is 0 Å². The SMILES string of the molecule is CC1(C)c2cc(C(=O)c3ccccc3)ccc2-c2c1cc1ccc3c4c(cc5ccc2c1c53)C(C)(C)c1cc(C(=O)c2ccccc2)ccc1-4. The lowest BCUT2D eigenvalue weighted by Gasteiger charge is -2.24. The van der Waals surface area contributed by atoms with E-state index in [9.17, 15) is 9.59 Å². The van der Waals surface area contributed by atoms with Crippen LogP contribution in [0.1, 0.15) is 81.8 Å². The normalized spacial score (nSPS) is 14.9. The van der Waals surface area contributed by atoms with Crippen molar-refractivity contribution in [3.8, 4) is 22.3 Å². The van der Waals surface area contributed by atoms with Crippen molar-refractivity contribution in [2.45, 2.75) is 38.5 Å². The van der Waals surface area contributed by atoms with Gasteiger partial charge in [-0.1, -0.05) is 137 Å². The van der Waals surface area contributed by atoms with Crippen molar-refractivity contribution >= 4 is 43.9 Å². The van der Waals surface area contributed by atoms with Crippen molar-refractivity contribution in [2.75, 3.05) is 0 Å². The minimum Gasteiger partial charge on any atom is -0.289 e. The number of carbonyl (C=O) groups excluding carboxylic acids is 2. The van der Waals surface area contributed by atoms with Gasteiger partial charge < -0.3 is 0 Å². The molecule has 0 heterocycles. The first-order valence-electron chi connectivity index (χ1n) is 17.4. The van der Waals surface area contributed by atoms with Crippen LogP contribution in [0, 0.1) is 0 Å². The zero-order valence-electron chi connectivity index (χ0n) is 28.5. The molecule has 0 bridgehead atoms. The van der Waals surface area contributed by atoms with Gasteiger partial charge in [-0.3, -0.25) is 9.59 Å². The smallest absolute Gasteiger partial charge is 0.193 e. The molecule has 0 saturated heterocycles. The highest BCUT2D eigenvalue weighted by Gasteiger charge is 2.40. The number of benzene rings is 8. The minimum absolute atomic E-state index is 0.0517.